The normalized spacial score (nSPS) is 14.5. The zero-order valence-electron chi connectivity index (χ0n) is 17.4. The van der Waals surface area contributed by atoms with Crippen LogP contribution in [0.5, 0.6) is 0 Å². The van der Waals surface area contributed by atoms with E-state index < -0.39 is 0 Å². The minimum atomic E-state index is 0. The van der Waals surface area contributed by atoms with Crippen LogP contribution in [0.2, 0.25) is 0 Å². The van der Waals surface area contributed by atoms with Crippen molar-refractivity contribution < 1.29 is 0 Å². The lowest BCUT2D eigenvalue weighted by atomic mass is 10.00. The predicted octanol–water partition coefficient (Wildman–Crippen LogP) is 3.95. The van der Waals surface area contributed by atoms with Gasteiger partial charge in [0.25, 0.3) is 0 Å². The molecule has 1 N–H and O–H groups in total. The van der Waals surface area contributed by atoms with E-state index in [0.29, 0.717) is 0 Å². The van der Waals surface area contributed by atoms with Crippen molar-refractivity contribution in [3.8, 4) is 0 Å². The molecule has 0 spiro atoms. The topological polar surface area (TPSA) is 45.5 Å². The molecule has 5 nitrogen and oxygen atoms in total. The Bertz CT molecular complexity index is 823. The third kappa shape index (κ3) is 5.37. The fourth-order valence-corrected chi connectivity index (χ4v) is 3.65. The zero-order valence-corrected chi connectivity index (χ0v) is 19.7. The molecule has 0 saturated carbocycles. The van der Waals surface area contributed by atoms with Crippen molar-refractivity contribution in [2.24, 2.45) is 12.0 Å². The smallest absolute Gasteiger partial charge is 0.194 e. The van der Waals surface area contributed by atoms with Crippen molar-refractivity contribution in [1.82, 2.24) is 20.0 Å². The number of nitrogens with one attached hydrogen (secondary N) is 1. The Labute approximate surface area is 185 Å². The number of guanidine groups is 1. The SMILES string of the molecule is CCNC(=NCCc1c(C)nn(C)c1C)N1CC=C(c2ccccc2)CC1.I. The molecule has 0 bridgehead atoms. The molecule has 1 aliphatic heterocycles. The Morgan fingerprint density at radius 3 is 2.54 bits per heavy atom. The van der Waals surface area contributed by atoms with E-state index in [2.05, 4.69) is 72.5 Å². The van der Waals surface area contributed by atoms with Crippen molar-refractivity contribution >= 4 is 35.5 Å². The van der Waals surface area contributed by atoms with Crippen LogP contribution in [0.1, 0.15) is 35.9 Å². The summed E-state index contributed by atoms with van der Waals surface area (Å²) in [6.45, 7) is 9.90. The summed E-state index contributed by atoms with van der Waals surface area (Å²) in [4.78, 5) is 7.23. The predicted molar refractivity (Wildman–Crippen MR) is 128 cm³/mol. The van der Waals surface area contributed by atoms with Crippen LogP contribution >= 0.6 is 24.0 Å². The summed E-state index contributed by atoms with van der Waals surface area (Å²) in [7, 11) is 2.00. The van der Waals surface area contributed by atoms with Gasteiger partial charge in [-0.2, -0.15) is 5.10 Å². The number of nitrogens with zero attached hydrogens (tertiary/aromatic N) is 4. The van der Waals surface area contributed by atoms with Crippen LogP contribution in [-0.4, -0.2) is 46.8 Å². The molecule has 2 heterocycles. The summed E-state index contributed by atoms with van der Waals surface area (Å²) < 4.78 is 1.96. The summed E-state index contributed by atoms with van der Waals surface area (Å²) in [5, 5.41) is 7.96. The second kappa shape index (κ2) is 10.6. The Morgan fingerprint density at radius 1 is 1.21 bits per heavy atom. The average molecular weight is 493 g/mol. The minimum absolute atomic E-state index is 0. The van der Waals surface area contributed by atoms with Gasteiger partial charge in [0, 0.05) is 38.9 Å². The molecule has 0 radical (unpaired) electrons. The average Bonchev–Trinajstić information content (AvgIpc) is 2.94. The number of aliphatic imine (C=N–C) groups is 1. The van der Waals surface area contributed by atoms with E-state index in [0.717, 1.165) is 50.7 Å². The first-order chi connectivity index (χ1) is 13.1. The van der Waals surface area contributed by atoms with E-state index in [1.165, 1.54) is 22.4 Å². The Hall–Kier alpha value is -1.83. The quantitative estimate of drug-likeness (QED) is 0.390. The molecule has 1 aromatic carbocycles. The zero-order chi connectivity index (χ0) is 19.2. The lowest BCUT2D eigenvalue weighted by molar-refractivity contribution is 0.440. The van der Waals surface area contributed by atoms with Crippen molar-refractivity contribution in [3.63, 3.8) is 0 Å². The second-order valence-corrected chi connectivity index (χ2v) is 7.05. The van der Waals surface area contributed by atoms with Gasteiger partial charge in [-0.25, -0.2) is 0 Å². The van der Waals surface area contributed by atoms with Gasteiger partial charge < -0.3 is 10.2 Å². The molecule has 1 aromatic heterocycles. The van der Waals surface area contributed by atoms with Gasteiger partial charge in [0.15, 0.2) is 5.96 Å². The van der Waals surface area contributed by atoms with Gasteiger partial charge in [-0.15, -0.1) is 24.0 Å². The second-order valence-electron chi connectivity index (χ2n) is 7.05. The van der Waals surface area contributed by atoms with Crippen LogP contribution in [0.3, 0.4) is 0 Å². The molecule has 0 aliphatic carbocycles. The Morgan fingerprint density at radius 2 is 1.96 bits per heavy atom. The maximum Gasteiger partial charge on any atom is 0.194 e. The highest BCUT2D eigenvalue weighted by molar-refractivity contribution is 14.0. The van der Waals surface area contributed by atoms with Crippen molar-refractivity contribution in [2.75, 3.05) is 26.2 Å². The third-order valence-electron chi connectivity index (χ3n) is 5.27. The number of hydrogen-bond donors (Lipinski definition) is 1. The van der Waals surface area contributed by atoms with Crippen LogP contribution in [0.15, 0.2) is 41.4 Å². The maximum atomic E-state index is 4.89. The molecule has 2 aromatic rings. The molecular weight excluding hydrogens is 461 g/mol. The highest BCUT2D eigenvalue weighted by Crippen LogP contribution is 2.22. The molecule has 0 unspecified atom stereocenters. The lowest BCUT2D eigenvalue weighted by Gasteiger charge is -2.30. The molecule has 0 fully saturated rings. The fourth-order valence-electron chi connectivity index (χ4n) is 3.65. The molecule has 28 heavy (non-hydrogen) atoms. The van der Waals surface area contributed by atoms with E-state index in [4.69, 9.17) is 4.99 Å². The van der Waals surface area contributed by atoms with Crippen LogP contribution in [0.25, 0.3) is 5.57 Å². The van der Waals surface area contributed by atoms with Crippen molar-refractivity contribution in [1.29, 1.82) is 0 Å². The van der Waals surface area contributed by atoms with E-state index in [-0.39, 0.29) is 24.0 Å². The Balaban J connectivity index is 0.00000280. The molecule has 0 saturated heterocycles. The summed E-state index contributed by atoms with van der Waals surface area (Å²) in [5.74, 6) is 1.01. The number of halogens is 1. The monoisotopic (exact) mass is 493 g/mol. The first-order valence-electron chi connectivity index (χ1n) is 9.87. The first kappa shape index (κ1) is 22.5. The Kier molecular flexibility index (Phi) is 8.54. The lowest BCUT2D eigenvalue weighted by Crippen LogP contribution is -2.43. The maximum absolute atomic E-state index is 4.89. The van der Waals surface area contributed by atoms with Crippen molar-refractivity contribution in [2.45, 2.75) is 33.6 Å². The van der Waals surface area contributed by atoms with Crippen molar-refractivity contribution in [3.05, 3.63) is 58.9 Å². The molecule has 152 valence electrons. The van der Waals surface area contributed by atoms with E-state index in [1.54, 1.807) is 0 Å². The minimum Gasteiger partial charge on any atom is -0.357 e. The fraction of sp³-hybridized carbons (Fsp3) is 0.455. The number of hydrogen-bond acceptors (Lipinski definition) is 2. The molecule has 3 rings (SSSR count). The molecule has 6 heteroatoms. The van der Waals surface area contributed by atoms with Gasteiger partial charge in [0.2, 0.25) is 0 Å². The standard InChI is InChI=1S/C22H31N5.HI/c1-5-23-22(24-14-11-21-17(2)25-26(4)18(21)3)27-15-12-20(13-16-27)19-9-7-6-8-10-19;/h6-10,12H,5,11,13-16H2,1-4H3,(H,23,24);1H. The van der Waals surface area contributed by atoms with E-state index >= 15 is 0 Å². The molecule has 0 atom stereocenters. The highest BCUT2D eigenvalue weighted by atomic mass is 127. The summed E-state index contributed by atoms with van der Waals surface area (Å²) in [6.07, 6.45) is 4.32. The van der Waals surface area contributed by atoms with Crippen LogP contribution < -0.4 is 5.32 Å². The van der Waals surface area contributed by atoms with Gasteiger partial charge in [-0.3, -0.25) is 9.67 Å². The summed E-state index contributed by atoms with van der Waals surface area (Å²) in [5.41, 5.74) is 6.44. The van der Waals surface area contributed by atoms with Gasteiger partial charge in [0.05, 0.1) is 5.69 Å². The van der Waals surface area contributed by atoms with E-state index in [1.807, 2.05) is 11.7 Å². The third-order valence-corrected chi connectivity index (χ3v) is 5.27. The van der Waals surface area contributed by atoms with Gasteiger partial charge in [-0.1, -0.05) is 36.4 Å². The van der Waals surface area contributed by atoms with Crippen LogP contribution in [0, 0.1) is 13.8 Å². The van der Waals surface area contributed by atoms with Crippen LogP contribution in [0.4, 0.5) is 0 Å². The van der Waals surface area contributed by atoms with Gasteiger partial charge >= 0.3 is 0 Å². The number of aryl methyl sites for hydroxylation is 2. The first-order valence-corrected chi connectivity index (χ1v) is 9.87. The number of aromatic nitrogens is 2. The summed E-state index contributed by atoms with van der Waals surface area (Å²) >= 11 is 0. The number of rotatable bonds is 5. The van der Waals surface area contributed by atoms with Gasteiger partial charge in [-0.05, 0) is 50.3 Å². The van der Waals surface area contributed by atoms with Crippen LogP contribution in [-0.2, 0) is 13.5 Å². The highest BCUT2D eigenvalue weighted by Gasteiger charge is 2.16. The van der Waals surface area contributed by atoms with E-state index in [9.17, 15) is 0 Å². The summed E-state index contributed by atoms with van der Waals surface area (Å²) in [6, 6.07) is 10.7. The molecule has 0 amide bonds. The molecule has 1 aliphatic rings. The number of benzene rings is 1. The van der Waals surface area contributed by atoms with Gasteiger partial charge in [0.1, 0.15) is 0 Å². The molecular formula is C22H32IN5. The largest absolute Gasteiger partial charge is 0.357 e.